The number of benzene rings is 3. The summed E-state index contributed by atoms with van der Waals surface area (Å²) < 4.78 is 7.86. The van der Waals surface area contributed by atoms with Crippen LogP contribution in [0, 0.1) is 0 Å². The van der Waals surface area contributed by atoms with E-state index in [1.807, 2.05) is 83.4 Å². The molecule has 0 saturated heterocycles. The molecule has 7 heteroatoms. The molecule has 0 amide bonds. The summed E-state index contributed by atoms with van der Waals surface area (Å²) in [5.41, 5.74) is 3.57. The summed E-state index contributed by atoms with van der Waals surface area (Å²) in [6, 6.07) is 25.4. The van der Waals surface area contributed by atoms with Gasteiger partial charge in [0.2, 0.25) is 5.89 Å². The van der Waals surface area contributed by atoms with Gasteiger partial charge in [-0.05, 0) is 36.4 Å². The number of aromatic nitrogens is 4. The monoisotopic (exact) mass is 418 g/mol. The van der Waals surface area contributed by atoms with E-state index in [-0.39, 0.29) is 0 Å². The normalized spacial score (nSPS) is 11.2. The molecule has 0 unspecified atom stereocenters. The zero-order valence-electron chi connectivity index (χ0n) is 15.2. The Hall–Kier alpha value is -3.09. The molecule has 0 radical (unpaired) electrons. The summed E-state index contributed by atoms with van der Waals surface area (Å²) in [7, 11) is 0. The van der Waals surface area contributed by atoms with Crippen molar-refractivity contribution >= 4 is 34.5 Å². The van der Waals surface area contributed by atoms with Crippen LogP contribution in [0.5, 0.6) is 0 Å². The summed E-state index contributed by atoms with van der Waals surface area (Å²) in [4.78, 5) is 4.54. The number of thioether (sulfide) groups is 1. The minimum atomic E-state index is 0.551. The second-order valence-corrected chi connectivity index (χ2v) is 7.73. The van der Waals surface area contributed by atoms with Gasteiger partial charge in [0.25, 0.3) is 0 Å². The van der Waals surface area contributed by atoms with E-state index >= 15 is 0 Å². The predicted molar refractivity (Wildman–Crippen MR) is 115 cm³/mol. The zero-order valence-corrected chi connectivity index (χ0v) is 16.8. The molecule has 29 heavy (non-hydrogen) atoms. The van der Waals surface area contributed by atoms with E-state index in [1.165, 1.54) is 11.8 Å². The second-order valence-electron chi connectivity index (χ2n) is 6.35. The number of oxazole rings is 1. The van der Waals surface area contributed by atoms with Crippen LogP contribution in [0.15, 0.2) is 88.4 Å². The van der Waals surface area contributed by atoms with Crippen molar-refractivity contribution in [3.8, 4) is 17.1 Å². The lowest BCUT2D eigenvalue weighted by molar-refractivity contribution is 0.556. The molecule has 0 fully saturated rings. The van der Waals surface area contributed by atoms with Crippen molar-refractivity contribution in [3.05, 3.63) is 89.8 Å². The second kappa shape index (κ2) is 7.73. The Bertz CT molecular complexity index is 1230. The lowest BCUT2D eigenvalue weighted by atomic mass is 10.2. The number of hydrogen-bond acceptors (Lipinski definition) is 5. The van der Waals surface area contributed by atoms with Crippen molar-refractivity contribution in [2.45, 2.75) is 10.9 Å². The highest BCUT2D eigenvalue weighted by Crippen LogP contribution is 2.30. The fraction of sp³-hybridized carbons (Fsp3) is 0.0455. The predicted octanol–water partition coefficient (Wildman–Crippen LogP) is 6.02. The van der Waals surface area contributed by atoms with E-state index in [0.29, 0.717) is 16.7 Å². The first kappa shape index (κ1) is 18.0. The van der Waals surface area contributed by atoms with Crippen molar-refractivity contribution in [2.24, 2.45) is 0 Å². The molecule has 2 heterocycles. The van der Waals surface area contributed by atoms with Crippen LogP contribution in [-0.4, -0.2) is 19.7 Å². The van der Waals surface area contributed by atoms with Gasteiger partial charge in [0.1, 0.15) is 5.52 Å². The Morgan fingerprint density at radius 2 is 1.62 bits per heavy atom. The maximum Gasteiger partial charge on any atom is 0.205 e. The molecule has 0 N–H and O–H groups in total. The van der Waals surface area contributed by atoms with Crippen LogP contribution in [0.3, 0.4) is 0 Å². The number of halogens is 1. The smallest absolute Gasteiger partial charge is 0.205 e. The van der Waals surface area contributed by atoms with Gasteiger partial charge in [0.15, 0.2) is 16.6 Å². The van der Waals surface area contributed by atoms with Crippen molar-refractivity contribution in [2.75, 3.05) is 0 Å². The van der Waals surface area contributed by atoms with Crippen LogP contribution in [0.25, 0.3) is 28.2 Å². The van der Waals surface area contributed by atoms with E-state index in [9.17, 15) is 0 Å². The van der Waals surface area contributed by atoms with E-state index in [1.54, 1.807) is 0 Å². The van der Waals surface area contributed by atoms with Gasteiger partial charge in [0, 0.05) is 16.3 Å². The van der Waals surface area contributed by atoms with Crippen molar-refractivity contribution in [1.29, 1.82) is 0 Å². The summed E-state index contributed by atoms with van der Waals surface area (Å²) in [5, 5.41) is 10.3. The molecule has 0 aliphatic rings. The third-order valence-electron chi connectivity index (χ3n) is 4.41. The third kappa shape index (κ3) is 3.64. The molecular weight excluding hydrogens is 404 g/mol. The Balaban J connectivity index is 1.52. The molecule has 2 aromatic heterocycles. The Morgan fingerprint density at radius 3 is 2.41 bits per heavy atom. The number of hydrogen-bond donors (Lipinski definition) is 0. The minimum Gasteiger partial charge on any atom is -0.440 e. The fourth-order valence-corrected chi connectivity index (χ4v) is 3.99. The van der Waals surface area contributed by atoms with Gasteiger partial charge in [0.05, 0.1) is 5.75 Å². The molecule has 0 aliphatic heterocycles. The van der Waals surface area contributed by atoms with E-state index < -0.39 is 0 Å². The Labute approximate surface area is 176 Å². The molecule has 0 bridgehead atoms. The maximum atomic E-state index is 6.08. The van der Waals surface area contributed by atoms with E-state index in [4.69, 9.17) is 16.0 Å². The van der Waals surface area contributed by atoms with Gasteiger partial charge in [-0.15, -0.1) is 10.2 Å². The molecule has 142 valence electrons. The summed E-state index contributed by atoms with van der Waals surface area (Å²) >= 11 is 7.61. The molecule has 5 aromatic rings. The molecule has 0 saturated carbocycles. The summed E-state index contributed by atoms with van der Waals surface area (Å²) in [6.07, 6.45) is 0. The highest BCUT2D eigenvalue weighted by molar-refractivity contribution is 7.98. The first-order chi connectivity index (χ1) is 14.3. The Morgan fingerprint density at radius 1 is 0.862 bits per heavy atom. The van der Waals surface area contributed by atoms with Gasteiger partial charge in [-0.2, -0.15) is 0 Å². The number of fused-ring (bicyclic) bond motifs is 1. The zero-order chi connectivity index (χ0) is 19.6. The first-order valence-corrected chi connectivity index (χ1v) is 10.4. The number of para-hydroxylation sites is 2. The maximum absolute atomic E-state index is 6.08. The highest BCUT2D eigenvalue weighted by atomic mass is 35.5. The first-order valence-electron chi connectivity index (χ1n) is 9.02. The van der Waals surface area contributed by atoms with Gasteiger partial charge in [-0.1, -0.05) is 65.8 Å². The van der Waals surface area contributed by atoms with Crippen LogP contribution in [-0.2, 0) is 5.75 Å². The lowest BCUT2D eigenvalue weighted by Gasteiger charge is -2.10. The van der Waals surface area contributed by atoms with Gasteiger partial charge in [-0.3, -0.25) is 4.57 Å². The minimum absolute atomic E-state index is 0.551. The third-order valence-corrected chi connectivity index (χ3v) is 5.58. The topological polar surface area (TPSA) is 56.7 Å². The highest BCUT2D eigenvalue weighted by Gasteiger charge is 2.17. The van der Waals surface area contributed by atoms with Crippen molar-refractivity contribution < 1.29 is 4.42 Å². The van der Waals surface area contributed by atoms with Gasteiger partial charge < -0.3 is 4.42 Å². The average Bonchev–Trinajstić information content (AvgIpc) is 3.37. The van der Waals surface area contributed by atoms with Crippen LogP contribution in [0.2, 0.25) is 5.02 Å². The van der Waals surface area contributed by atoms with Crippen molar-refractivity contribution in [3.63, 3.8) is 0 Å². The number of rotatable bonds is 5. The molecular formula is C22H15ClN4OS. The van der Waals surface area contributed by atoms with Crippen LogP contribution < -0.4 is 0 Å². The van der Waals surface area contributed by atoms with Crippen molar-refractivity contribution in [1.82, 2.24) is 19.7 Å². The number of nitrogens with zero attached hydrogens (tertiary/aromatic N) is 4. The molecule has 0 atom stereocenters. The quantitative estimate of drug-likeness (QED) is 0.326. The van der Waals surface area contributed by atoms with Crippen LogP contribution >= 0.6 is 23.4 Å². The Kier molecular flexibility index (Phi) is 4.79. The molecule has 0 spiro atoms. The van der Waals surface area contributed by atoms with Crippen LogP contribution in [0.4, 0.5) is 0 Å². The van der Waals surface area contributed by atoms with E-state index in [2.05, 4.69) is 15.2 Å². The molecule has 3 aromatic carbocycles. The summed E-state index contributed by atoms with van der Waals surface area (Å²) in [5.74, 6) is 1.98. The largest absolute Gasteiger partial charge is 0.440 e. The standard InChI is InChI=1S/C22H15ClN4OS/c23-16-10-12-17(13-11-16)27-21(15-6-2-1-3-7-15)25-26-22(27)29-14-20-24-18-8-4-5-9-19(18)28-20/h1-13H,14H2. The fourth-order valence-electron chi connectivity index (χ4n) is 3.07. The lowest BCUT2D eigenvalue weighted by Crippen LogP contribution is -1.99. The van der Waals surface area contributed by atoms with E-state index in [0.717, 1.165) is 33.3 Å². The van der Waals surface area contributed by atoms with Crippen LogP contribution in [0.1, 0.15) is 5.89 Å². The molecule has 0 aliphatic carbocycles. The average molecular weight is 419 g/mol. The van der Waals surface area contributed by atoms with Gasteiger partial charge >= 0.3 is 0 Å². The molecule has 5 nitrogen and oxygen atoms in total. The SMILES string of the molecule is Clc1ccc(-n2c(SCc3nc4ccccc4o3)nnc2-c2ccccc2)cc1. The summed E-state index contributed by atoms with van der Waals surface area (Å²) in [6.45, 7) is 0. The molecule has 5 rings (SSSR count). The van der Waals surface area contributed by atoms with Gasteiger partial charge in [-0.25, -0.2) is 4.98 Å².